The molecule has 2 unspecified atom stereocenters. The number of nitrogens with one attached hydrogen (secondary N) is 2. The number of aliphatic hydroxyl groups excluding tert-OH is 1. The Labute approximate surface area is 131 Å². The van der Waals surface area contributed by atoms with Crippen LogP contribution in [0, 0.1) is 5.92 Å². The third-order valence-corrected chi connectivity index (χ3v) is 4.07. The van der Waals surface area contributed by atoms with E-state index < -0.39 is 0 Å². The van der Waals surface area contributed by atoms with Crippen LogP contribution in [0.25, 0.3) is 11.3 Å². The maximum Gasteiger partial charge on any atom is 0.118 e. The van der Waals surface area contributed by atoms with Gasteiger partial charge in [0.1, 0.15) is 5.75 Å². The van der Waals surface area contributed by atoms with Crippen LogP contribution in [0.2, 0.25) is 0 Å². The highest BCUT2D eigenvalue weighted by Gasteiger charge is 2.13. The van der Waals surface area contributed by atoms with Crippen molar-refractivity contribution in [3.8, 4) is 17.0 Å². The van der Waals surface area contributed by atoms with Gasteiger partial charge in [-0.05, 0) is 30.2 Å². The molecule has 0 aliphatic carbocycles. The van der Waals surface area contributed by atoms with Gasteiger partial charge in [-0.25, -0.2) is 0 Å². The summed E-state index contributed by atoms with van der Waals surface area (Å²) in [5, 5.41) is 20.5. The van der Waals surface area contributed by atoms with Gasteiger partial charge in [0.25, 0.3) is 0 Å². The minimum absolute atomic E-state index is 0.304. The SMILES string of the molecule is CCC(C)C(O)CNCc1cn[nH]c1-c1ccc(OC)cc1. The van der Waals surface area contributed by atoms with Gasteiger partial charge in [0.15, 0.2) is 0 Å². The Bertz CT molecular complexity index is 566. The van der Waals surface area contributed by atoms with Gasteiger partial charge >= 0.3 is 0 Å². The van der Waals surface area contributed by atoms with Crippen LogP contribution < -0.4 is 10.1 Å². The van der Waals surface area contributed by atoms with Crippen molar-refractivity contribution in [3.05, 3.63) is 36.0 Å². The monoisotopic (exact) mass is 303 g/mol. The highest BCUT2D eigenvalue weighted by Crippen LogP contribution is 2.23. The van der Waals surface area contributed by atoms with Gasteiger partial charge in [0.2, 0.25) is 0 Å². The predicted molar refractivity (Wildman–Crippen MR) is 87.7 cm³/mol. The normalized spacial score (nSPS) is 13.8. The lowest BCUT2D eigenvalue weighted by Crippen LogP contribution is -2.31. The van der Waals surface area contributed by atoms with Crippen LogP contribution in [0.1, 0.15) is 25.8 Å². The van der Waals surface area contributed by atoms with Crippen LogP contribution in [0.5, 0.6) is 5.75 Å². The van der Waals surface area contributed by atoms with Gasteiger partial charge in [0.05, 0.1) is 25.1 Å². The maximum absolute atomic E-state index is 9.99. The average Bonchev–Trinajstić information content (AvgIpc) is 3.02. The molecule has 0 amide bonds. The lowest BCUT2D eigenvalue weighted by molar-refractivity contribution is 0.113. The second-order valence-corrected chi connectivity index (χ2v) is 5.58. The van der Waals surface area contributed by atoms with Crippen molar-refractivity contribution in [2.24, 2.45) is 5.92 Å². The molecule has 3 N–H and O–H groups in total. The Morgan fingerprint density at radius 2 is 2.05 bits per heavy atom. The number of hydrogen-bond acceptors (Lipinski definition) is 4. The summed E-state index contributed by atoms with van der Waals surface area (Å²) in [6.45, 7) is 5.41. The zero-order valence-electron chi connectivity index (χ0n) is 13.5. The summed E-state index contributed by atoms with van der Waals surface area (Å²) in [6, 6.07) is 7.87. The first-order chi connectivity index (χ1) is 10.7. The number of benzene rings is 1. The fraction of sp³-hybridized carbons (Fsp3) is 0.471. The minimum Gasteiger partial charge on any atom is -0.497 e. The van der Waals surface area contributed by atoms with Crippen LogP contribution >= 0.6 is 0 Å². The molecule has 0 fully saturated rings. The zero-order chi connectivity index (χ0) is 15.9. The number of ether oxygens (including phenoxy) is 1. The molecule has 0 bridgehead atoms. The van der Waals surface area contributed by atoms with Crippen LogP contribution in [-0.4, -0.2) is 35.1 Å². The molecule has 120 valence electrons. The summed E-state index contributed by atoms with van der Waals surface area (Å²) in [5.74, 6) is 1.14. The number of aromatic amines is 1. The van der Waals surface area contributed by atoms with Crippen molar-refractivity contribution >= 4 is 0 Å². The Hall–Kier alpha value is -1.85. The zero-order valence-corrected chi connectivity index (χ0v) is 13.5. The molecular formula is C17H25N3O2. The summed E-state index contributed by atoms with van der Waals surface area (Å²) < 4.78 is 5.18. The van der Waals surface area contributed by atoms with E-state index in [4.69, 9.17) is 4.74 Å². The van der Waals surface area contributed by atoms with E-state index in [1.165, 1.54) is 0 Å². The highest BCUT2D eigenvalue weighted by molar-refractivity contribution is 5.63. The van der Waals surface area contributed by atoms with E-state index in [1.54, 1.807) is 7.11 Å². The van der Waals surface area contributed by atoms with Crippen molar-refractivity contribution in [1.82, 2.24) is 15.5 Å². The van der Waals surface area contributed by atoms with Crippen LogP contribution in [-0.2, 0) is 6.54 Å². The van der Waals surface area contributed by atoms with Crippen LogP contribution in [0.15, 0.2) is 30.5 Å². The first kappa shape index (κ1) is 16.5. The highest BCUT2D eigenvalue weighted by atomic mass is 16.5. The van der Waals surface area contributed by atoms with E-state index in [0.717, 1.165) is 29.0 Å². The molecule has 5 nitrogen and oxygen atoms in total. The third kappa shape index (κ3) is 4.08. The molecule has 2 aromatic rings. The van der Waals surface area contributed by atoms with E-state index >= 15 is 0 Å². The Kier molecular flexibility index (Phi) is 5.98. The van der Waals surface area contributed by atoms with Crippen molar-refractivity contribution in [2.75, 3.05) is 13.7 Å². The molecule has 0 aliphatic rings. The van der Waals surface area contributed by atoms with E-state index in [2.05, 4.69) is 29.4 Å². The number of hydrogen-bond donors (Lipinski definition) is 3. The van der Waals surface area contributed by atoms with Gasteiger partial charge in [-0.1, -0.05) is 20.3 Å². The van der Waals surface area contributed by atoms with Gasteiger partial charge < -0.3 is 15.2 Å². The van der Waals surface area contributed by atoms with E-state index in [-0.39, 0.29) is 6.10 Å². The number of H-pyrrole nitrogens is 1. The average molecular weight is 303 g/mol. The molecule has 0 radical (unpaired) electrons. The first-order valence-corrected chi connectivity index (χ1v) is 7.71. The van der Waals surface area contributed by atoms with Gasteiger partial charge in [0, 0.05) is 24.2 Å². The molecule has 1 heterocycles. The maximum atomic E-state index is 9.99. The van der Waals surface area contributed by atoms with E-state index in [0.29, 0.717) is 19.0 Å². The second kappa shape index (κ2) is 7.96. The fourth-order valence-electron chi connectivity index (χ4n) is 2.28. The van der Waals surface area contributed by atoms with Crippen LogP contribution in [0.4, 0.5) is 0 Å². The molecule has 2 rings (SSSR count). The fourth-order valence-corrected chi connectivity index (χ4v) is 2.28. The number of methoxy groups -OCH3 is 1. The van der Waals surface area contributed by atoms with Gasteiger partial charge in [-0.3, -0.25) is 5.10 Å². The Morgan fingerprint density at radius 3 is 2.68 bits per heavy atom. The number of aliphatic hydroxyl groups is 1. The lowest BCUT2D eigenvalue weighted by atomic mass is 10.0. The predicted octanol–water partition coefficient (Wildman–Crippen LogP) is 2.58. The summed E-state index contributed by atoms with van der Waals surface area (Å²) >= 11 is 0. The Morgan fingerprint density at radius 1 is 1.32 bits per heavy atom. The summed E-state index contributed by atoms with van der Waals surface area (Å²) in [6.07, 6.45) is 2.48. The molecule has 0 aliphatic heterocycles. The van der Waals surface area contributed by atoms with Crippen LogP contribution in [0.3, 0.4) is 0 Å². The number of nitrogens with zero attached hydrogens (tertiary/aromatic N) is 1. The molecule has 2 atom stereocenters. The molecule has 0 saturated carbocycles. The largest absolute Gasteiger partial charge is 0.497 e. The number of rotatable bonds is 8. The summed E-state index contributed by atoms with van der Waals surface area (Å²) in [5.41, 5.74) is 3.15. The van der Waals surface area contributed by atoms with Crippen molar-refractivity contribution < 1.29 is 9.84 Å². The van der Waals surface area contributed by atoms with Crippen molar-refractivity contribution in [2.45, 2.75) is 32.9 Å². The topological polar surface area (TPSA) is 70.2 Å². The quantitative estimate of drug-likeness (QED) is 0.701. The van der Waals surface area contributed by atoms with Crippen molar-refractivity contribution in [3.63, 3.8) is 0 Å². The van der Waals surface area contributed by atoms with Gasteiger partial charge in [-0.2, -0.15) is 5.10 Å². The summed E-state index contributed by atoms with van der Waals surface area (Å²) in [4.78, 5) is 0. The number of aromatic nitrogens is 2. The van der Waals surface area contributed by atoms with Crippen molar-refractivity contribution in [1.29, 1.82) is 0 Å². The smallest absolute Gasteiger partial charge is 0.118 e. The molecule has 5 heteroatoms. The molecule has 1 aromatic heterocycles. The standard InChI is InChI=1S/C17H25N3O2/c1-4-12(2)16(21)11-18-9-14-10-19-20-17(14)13-5-7-15(22-3)8-6-13/h5-8,10,12,16,18,21H,4,9,11H2,1-3H3,(H,19,20). The van der Waals surface area contributed by atoms with Gasteiger partial charge in [-0.15, -0.1) is 0 Å². The minimum atomic E-state index is -0.318. The molecule has 1 aromatic carbocycles. The Balaban J connectivity index is 1.97. The summed E-state index contributed by atoms with van der Waals surface area (Å²) in [7, 11) is 1.66. The third-order valence-electron chi connectivity index (χ3n) is 4.07. The second-order valence-electron chi connectivity index (χ2n) is 5.58. The molecular weight excluding hydrogens is 278 g/mol. The van der Waals surface area contributed by atoms with E-state index in [9.17, 15) is 5.11 Å². The molecule has 0 saturated heterocycles. The van der Waals surface area contributed by atoms with E-state index in [1.807, 2.05) is 30.5 Å². The molecule has 0 spiro atoms. The molecule has 22 heavy (non-hydrogen) atoms. The first-order valence-electron chi connectivity index (χ1n) is 7.71. The lowest BCUT2D eigenvalue weighted by Gasteiger charge is -2.17.